The SMILES string of the molecule is CCCC=NNC(=O)CCCCCC. The molecule has 1 amide bonds. The number of hydrogen-bond acceptors (Lipinski definition) is 2. The van der Waals surface area contributed by atoms with Crippen LogP contribution in [-0.2, 0) is 4.79 Å². The lowest BCUT2D eigenvalue weighted by Crippen LogP contribution is -2.16. The summed E-state index contributed by atoms with van der Waals surface area (Å²) in [7, 11) is 0. The highest BCUT2D eigenvalue weighted by atomic mass is 16.2. The van der Waals surface area contributed by atoms with Gasteiger partial charge in [0.05, 0.1) is 0 Å². The third kappa shape index (κ3) is 9.23. The van der Waals surface area contributed by atoms with E-state index in [4.69, 9.17) is 0 Å². The lowest BCUT2D eigenvalue weighted by Gasteiger charge is -1.98. The van der Waals surface area contributed by atoms with Crippen LogP contribution in [0.5, 0.6) is 0 Å². The Morgan fingerprint density at radius 3 is 2.64 bits per heavy atom. The van der Waals surface area contributed by atoms with Crippen molar-refractivity contribution in [1.82, 2.24) is 5.43 Å². The zero-order valence-electron chi connectivity index (χ0n) is 9.38. The minimum Gasteiger partial charge on any atom is -0.273 e. The fourth-order valence-corrected chi connectivity index (χ4v) is 1.08. The van der Waals surface area contributed by atoms with Gasteiger partial charge in [0, 0.05) is 12.6 Å². The normalized spacial score (nSPS) is 10.7. The van der Waals surface area contributed by atoms with Crippen LogP contribution >= 0.6 is 0 Å². The van der Waals surface area contributed by atoms with Gasteiger partial charge in [-0.2, -0.15) is 5.10 Å². The molecule has 0 saturated heterocycles. The molecule has 0 unspecified atom stereocenters. The number of nitrogens with one attached hydrogen (secondary N) is 1. The van der Waals surface area contributed by atoms with Crippen LogP contribution in [0.15, 0.2) is 5.10 Å². The van der Waals surface area contributed by atoms with Gasteiger partial charge in [-0.05, 0) is 12.8 Å². The van der Waals surface area contributed by atoms with Gasteiger partial charge in [-0.15, -0.1) is 0 Å². The number of carbonyl (C=O) groups excluding carboxylic acids is 1. The molecular formula is C11H22N2O. The molecule has 0 saturated carbocycles. The van der Waals surface area contributed by atoms with Crippen LogP contribution < -0.4 is 5.43 Å². The van der Waals surface area contributed by atoms with E-state index in [1.165, 1.54) is 12.8 Å². The van der Waals surface area contributed by atoms with Crippen molar-refractivity contribution in [3.05, 3.63) is 0 Å². The molecule has 3 heteroatoms. The Bertz CT molecular complexity index is 167. The minimum absolute atomic E-state index is 0.0356. The maximum absolute atomic E-state index is 11.1. The molecule has 0 aliphatic carbocycles. The highest BCUT2D eigenvalue weighted by Gasteiger charge is 1.97. The number of hydrogen-bond donors (Lipinski definition) is 1. The Morgan fingerprint density at radius 1 is 1.21 bits per heavy atom. The van der Waals surface area contributed by atoms with Crippen LogP contribution in [0.1, 0.15) is 58.8 Å². The first kappa shape index (κ1) is 13.1. The Hall–Kier alpha value is -0.860. The number of nitrogens with zero attached hydrogens (tertiary/aromatic N) is 1. The number of carbonyl (C=O) groups is 1. The molecule has 0 rings (SSSR count). The second-order valence-corrected chi connectivity index (χ2v) is 3.45. The Morgan fingerprint density at radius 2 is 2.00 bits per heavy atom. The van der Waals surface area contributed by atoms with Crippen molar-refractivity contribution in [2.75, 3.05) is 0 Å². The second kappa shape index (κ2) is 10.2. The average Bonchev–Trinajstić information content (AvgIpc) is 2.19. The van der Waals surface area contributed by atoms with E-state index in [0.29, 0.717) is 6.42 Å². The predicted molar refractivity (Wildman–Crippen MR) is 60.3 cm³/mol. The summed E-state index contributed by atoms with van der Waals surface area (Å²) in [6, 6.07) is 0. The first-order valence-corrected chi connectivity index (χ1v) is 5.61. The maximum Gasteiger partial charge on any atom is 0.240 e. The molecular weight excluding hydrogens is 176 g/mol. The van der Waals surface area contributed by atoms with E-state index >= 15 is 0 Å². The predicted octanol–water partition coefficient (Wildman–Crippen LogP) is 2.86. The molecule has 0 aromatic rings. The monoisotopic (exact) mass is 198 g/mol. The first-order chi connectivity index (χ1) is 6.81. The third-order valence-corrected chi connectivity index (χ3v) is 1.96. The molecule has 0 fully saturated rings. The van der Waals surface area contributed by atoms with Crippen molar-refractivity contribution >= 4 is 12.1 Å². The highest BCUT2D eigenvalue weighted by Crippen LogP contribution is 2.01. The van der Waals surface area contributed by atoms with E-state index in [2.05, 4.69) is 24.4 Å². The Kier molecular flexibility index (Phi) is 9.59. The van der Waals surface area contributed by atoms with Crippen molar-refractivity contribution in [3.63, 3.8) is 0 Å². The van der Waals surface area contributed by atoms with Gasteiger partial charge in [0.15, 0.2) is 0 Å². The van der Waals surface area contributed by atoms with Crippen molar-refractivity contribution < 1.29 is 4.79 Å². The van der Waals surface area contributed by atoms with E-state index in [-0.39, 0.29) is 5.91 Å². The lowest BCUT2D eigenvalue weighted by atomic mass is 10.1. The standard InChI is InChI=1S/C11H22N2O/c1-3-5-7-8-9-11(14)13-12-10-6-4-2/h10H,3-9H2,1-2H3,(H,13,14). The molecule has 82 valence electrons. The fraction of sp³-hybridized carbons (Fsp3) is 0.818. The van der Waals surface area contributed by atoms with Crippen LogP contribution in [0, 0.1) is 0 Å². The van der Waals surface area contributed by atoms with Gasteiger partial charge in [-0.25, -0.2) is 5.43 Å². The number of rotatable bonds is 8. The van der Waals surface area contributed by atoms with Gasteiger partial charge in [-0.3, -0.25) is 4.79 Å². The summed E-state index contributed by atoms with van der Waals surface area (Å²) < 4.78 is 0. The van der Waals surface area contributed by atoms with E-state index in [9.17, 15) is 4.79 Å². The van der Waals surface area contributed by atoms with Crippen LogP contribution in [0.3, 0.4) is 0 Å². The zero-order chi connectivity index (χ0) is 10.6. The smallest absolute Gasteiger partial charge is 0.240 e. The molecule has 0 aliphatic heterocycles. The van der Waals surface area contributed by atoms with Crippen LogP contribution in [-0.4, -0.2) is 12.1 Å². The molecule has 0 bridgehead atoms. The molecule has 1 N–H and O–H groups in total. The Balaban J connectivity index is 3.28. The molecule has 0 radical (unpaired) electrons. The zero-order valence-corrected chi connectivity index (χ0v) is 9.38. The molecule has 14 heavy (non-hydrogen) atoms. The van der Waals surface area contributed by atoms with Crippen LogP contribution in [0.25, 0.3) is 0 Å². The Labute approximate surface area is 87.0 Å². The molecule has 0 aromatic heterocycles. The van der Waals surface area contributed by atoms with Crippen LogP contribution in [0.2, 0.25) is 0 Å². The minimum atomic E-state index is 0.0356. The van der Waals surface area contributed by atoms with Gasteiger partial charge in [0.25, 0.3) is 0 Å². The third-order valence-electron chi connectivity index (χ3n) is 1.96. The van der Waals surface area contributed by atoms with E-state index in [1.807, 2.05) is 0 Å². The van der Waals surface area contributed by atoms with Crippen molar-refractivity contribution in [2.24, 2.45) is 5.10 Å². The van der Waals surface area contributed by atoms with Crippen LogP contribution in [0.4, 0.5) is 0 Å². The topological polar surface area (TPSA) is 41.5 Å². The van der Waals surface area contributed by atoms with Crippen molar-refractivity contribution in [1.29, 1.82) is 0 Å². The summed E-state index contributed by atoms with van der Waals surface area (Å²) in [5.74, 6) is 0.0356. The second-order valence-electron chi connectivity index (χ2n) is 3.45. The quantitative estimate of drug-likeness (QED) is 0.364. The first-order valence-electron chi connectivity index (χ1n) is 5.61. The van der Waals surface area contributed by atoms with Crippen molar-refractivity contribution in [3.8, 4) is 0 Å². The number of unbranched alkanes of at least 4 members (excludes halogenated alkanes) is 4. The molecule has 0 heterocycles. The summed E-state index contributed by atoms with van der Waals surface area (Å²) in [6.45, 7) is 4.24. The van der Waals surface area contributed by atoms with E-state index in [0.717, 1.165) is 25.7 Å². The fourth-order valence-electron chi connectivity index (χ4n) is 1.08. The van der Waals surface area contributed by atoms with Gasteiger partial charge < -0.3 is 0 Å². The average molecular weight is 198 g/mol. The van der Waals surface area contributed by atoms with Gasteiger partial charge in [0.2, 0.25) is 5.91 Å². The number of hydrazone groups is 1. The highest BCUT2D eigenvalue weighted by molar-refractivity contribution is 5.76. The molecule has 0 aromatic carbocycles. The molecule has 0 aliphatic rings. The van der Waals surface area contributed by atoms with Gasteiger partial charge in [-0.1, -0.05) is 39.5 Å². The van der Waals surface area contributed by atoms with E-state index < -0.39 is 0 Å². The van der Waals surface area contributed by atoms with Crippen molar-refractivity contribution in [2.45, 2.75) is 58.8 Å². The summed E-state index contributed by atoms with van der Waals surface area (Å²) >= 11 is 0. The summed E-state index contributed by atoms with van der Waals surface area (Å²) in [5, 5.41) is 3.84. The maximum atomic E-state index is 11.1. The summed E-state index contributed by atoms with van der Waals surface area (Å²) in [4.78, 5) is 11.1. The van der Waals surface area contributed by atoms with E-state index in [1.54, 1.807) is 6.21 Å². The van der Waals surface area contributed by atoms with Gasteiger partial charge >= 0.3 is 0 Å². The van der Waals surface area contributed by atoms with Gasteiger partial charge in [0.1, 0.15) is 0 Å². The summed E-state index contributed by atoms with van der Waals surface area (Å²) in [6.07, 6.45) is 8.88. The summed E-state index contributed by atoms with van der Waals surface area (Å²) in [5.41, 5.74) is 2.52. The lowest BCUT2D eigenvalue weighted by molar-refractivity contribution is -0.121. The molecule has 0 atom stereocenters. The molecule has 0 spiro atoms. The largest absolute Gasteiger partial charge is 0.273 e. The number of amides is 1. The molecule has 3 nitrogen and oxygen atoms in total.